The van der Waals surface area contributed by atoms with Crippen LogP contribution in [-0.2, 0) is 11.3 Å². The summed E-state index contributed by atoms with van der Waals surface area (Å²) in [6, 6.07) is 18.4. The molecule has 3 saturated heterocycles. The number of benzene rings is 2. The third-order valence-electron chi connectivity index (χ3n) is 8.74. The molecule has 0 radical (unpaired) electrons. The lowest BCUT2D eigenvalue weighted by Gasteiger charge is -2.44. The van der Waals surface area contributed by atoms with Crippen LogP contribution in [-0.4, -0.2) is 61.4 Å². The lowest BCUT2D eigenvalue weighted by molar-refractivity contribution is -0.106. The van der Waals surface area contributed by atoms with Crippen LogP contribution < -0.4 is 15.5 Å². The summed E-state index contributed by atoms with van der Waals surface area (Å²) in [5.41, 5.74) is 13.4. The molecule has 1 spiro atoms. The summed E-state index contributed by atoms with van der Waals surface area (Å²) in [4.78, 5) is 12.1. The molecule has 7 nitrogen and oxygen atoms in total. The van der Waals surface area contributed by atoms with Gasteiger partial charge >= 0.3 is 0 Å². The molecule has 0 amide bonds. The summed E-state index contributed by atoms with van der Waals surface area (Å²) in [7, 11) is 0. The highest BCUT2D eigenvalue weighted by molar-refractivity contribution is 5.95. The van der Waals surface area contributed by atoms with E-state index in [0.717, 1.165) is 56.8 Å². The summed E-state index contributed by atoms with van der Waals surface area (Å²) in [6.07, 6.45) is 1.77. The standard InChI is InChI=1S/C28H30N6O/c1-18-11-32(24-7-4-19(10-29)27-23(24)3-2-8-31-27)13-25-22-6-5-21(9-20(22)12-34(18)25)33-14-26(30)28(15-33)16-35-17-28/h2-9,18,25-26H,11-17,30H2,1H3. The number of aromatic nitrogens is 1. The summed E-state index contributed by atoms with van der Waals surface area (Å²) < 4.78 is 5.51. The van der Waals surface area contributed by atoms with E-state index in [4.69, 9.17) is 10.5 Å². The predicted octanol–water partition coefficient (Wildman–Crippen LogP) is 3.04. The number of pyridine rings is 1. The average molecular weight is 467 g/mol. The molecule has 4 aliphatic rings. The Balaban J connectivity index is 1.19. The molecule has 2 N–H and O–H groups in total. The third-order valence-corrected chi connectivity index (χ3v) is 8.74. The third kappa shape index (κ3) is 3.10. The van der Waals surface area contributed by atoms with Crippen LogP contribution in [0.1, 0.15) is 29.7 Å². The van der Waals surface area contributed by atoms with E-state index in [1.54, 1.807) is 6.20 Å². The van der Waals surface area contributed by atoms with E-state index in [1.807, 2.05) is 12.1 Å². The lowest BCUT2D eigenvalue weighted by atomic mass is 9.82. The molecule has 3 aromatic rings. The summed E-state index contributed by atoms with van der Waals surface area (Å²) in [5, 5.41) is 10.6. The summed E-state index contributed by atoms with van der Waals surface area (Å²) >= 11 is 0. The fourth-order valence-electron chi connectivity index (χ4n) is 6.69. The van der Waals surface area contributed by atoms with E-state index in [1.165, 1.54) is 22.5 Å². The van der Waals surface area contributed by atoms with E-state index in [0.29, 0.717) is 17.6 Å². The molecule has 2 aromatic carbocycles. The Labute approximate surface area is 205 Å². The molecule has 0 aliphatic carbocycles. The van der Waals surface area contributed by atoms with Crippen LogP contribution in [0.25, 0.3) is 10.9 Å². The van der Waals surface area contributed by atoms with E-state index >= 15 is 0 Å². The smallest absolute Gasteiger partial charge is 0.101 e. The number of ether oxygens (including phenoxy) is 1. The first-order valence-corrected chi connectivity index (χ1v) is 12.6. The van der Waals surface area contributed by atoms with Gasteiger partial charge in [-0.25, -0.2) is 0 Å². The van der Waals surface area contributed by atoms with Gasteiger partial charge in [-0.2, -0.15) is 5.26 Å². The van der Waals surface area contributed by atoms with Gasteiger partial charge < -0.3 is 20.3 Å². The van der Waals surface area contributed by atoms with Gasteiger partial charge in [-0.1, -0.05) is 6.07 Å². The number of rotatable bonds is 2. The maximum atomic E-state index is 9.55. The Kier molecular flexibility index (Phi) is 4.62. The molecule has 35 heavy (non-hydrogen) atoms. The maximum Gasteiger partial charge on any atom is 0.101 e. The number of anilines is 2. The molecule has 1 aromatic heterocycles. The molecule has 3 fully saturated rings. The van der Waals surface area contributed by atoms with Gasteiger partial charge in [0.15, 0.2) is 0 Å². The van der Waals surface area contributed by atoms with Crippen molar-refractivity contribution < 1.29 is 4.74 Å². The van der Waals surface area contributed by atoms with Gasteiger partial charge in [0, 0.05) is 67.8 Å². The molecule has 7 rings (SSSR count). The first-order valence-electron chi connectivity index (χ1n) is 12.6. The van der Waals surface area contributed by atoms with Gasteiger partial charge in [0.1, 0.15) is 6.07 Å². The Morgan fingerprint density at radius 2 is 2.00 bits per heavy atom. The molecule has 0 saturated carbocycles. The Morgan fingerprint density at radius 3 is 2.77 bits per heavy atom. The number of nitriles is 1. The normalized spacial score (nSPS) is 27.1. The SMILES string of the molecule is CC1CN(c2ccc(C#N)c3ncccc23)CC2c3ccc(N4CC(N)C5(COC5)C4)cc3CN12. The van der Waals surface area contributed by atoms with Crippen LogP contribution in [0.15, 0.2) is 48.7 Å². The van der Waals surface area contributed by atoms with Crippen LogP contribution in [0.3, 0.4) is 0 Å². The van der Waals surface area contributed by atoms with Gasteiger partial charge in [0.25, 0.3) is 0 Å². The van der Waals surface area contributed by atoms with Crippen molar-refractivity contribution in [3.8, 4) is 6.07 Å². The molecule has 3 atom stereocenters. The minimum atomic E-state index is 0.143. The van der Waals surface area contributed by atoms with Gasteiger partial charge in [-0.3, -0.25) is 9.88 Å². The number of nitrogens with zero attached hydrogens (tertiary/aromatic N) is 5. The van der Waals surface area contributed by atoms with Crippen molar-refractivity contribution in [3.63, 3.8) is 0 Å². The van der Waals surface area contributed by atoms with Gasteiger partial charge in [-0.15, -0.1) is 0 Å². The van der Waals surface area contributed by atoms with Crippen LogP contribution >= 0.6 is 0 Å². The fourth-order valence-corrected chi connectivity index (χ4v) is 6.69. The zero-order chi connectivity index (χ0) is 23.7. The minimum absolute atomic E-state index is 0.143. The molecule has 0 bridgehead atoms. The van der Waals surface area contributed by atoms with Crippen molar-refractivity contribution in [1.29, 1.82) is 5.26 Å². The Bertz CT molecular complexity index is 1360. The topological polar surface area (TPSA) is 81.7 Å². The fraction of sp³-hybridized carbons (Fsp3) is 0.429. The molecular weight excluding hydrogens is 436 g/mol. The molecule has 4 aliphatic heterocycles. The largest absolute Gasteiger partial charge is 0.380 e. The highest BCUT2D eigenvalue weighted by atomic mass is 16.5. The quantitative estimate of drug-likeness (QED) is 0.622. The van der Waals surface area contributed by atoms with Crippen molar-refractivity contribution in [2.24, 2.45) is 11.1 Å². The number of piperazine rings is 1. The van der Waals surface area contributed by atoms with Crippen molar-refractivity contribution in [3.05, 3.63) is 65.4 Å². The molecule has 7 heteroatoms. The minimum Gasteiger partial charge on any atom is -0.380 e. The number of hydrogen-bond donors (Lipinski definition) is 1. The van der Waals surface area contributed by atoms with Crippen molar-refractivity contribution in [2.75, 3.05) is 49.2 Å². The first-order chi connectivity index (χ1) is 17.1. The second kappa shape index (κ2) is 7.66. The monoisotopic (exact) mass is 466 g/mol. The maximum absolute atomic E-state index is 9.55. The highest BCUT2D eigenvalue weighted by Crippen LogP contribution is 2.44. The van der Waals surface area contributed by atoms with Crippen molar-refractivity contribution in [2.45, 2.75) is 31.6 Å². The van der Waals surface area contributed by atoms with Gasteiger partial charge in [-0.05, 0) is 54.4 Å². The molecule has 3 unspecified atom stereocenters. The predicted molar refractivity (Wildman–Crippen MR) is 136 cm³/mol. The zero-order valence-corrected chi connectivity index (χ0v) is 20.0. The van der Waals surface area contributed by atoms with Crippen LogP contribution in [0.4, 0.5) is 11.4 Å². The van der Waals surface area contributed by atoms with Crippen LogP contribution in [0, 0.1) is 16.7 Å². The number of hydrogen-bond acceptors (Lipinski definition) is 7. The van der Waals surface area contributed by atoms with Gasteiger partial charge in [0.2, 0.25) is 0 Å². The van der Waals surface area contributed by atoms with E-state index in [-0.39, 0.29) is 11.5 Å². The second-order valence-electron chi connectivity index (χ2n) is 10.8. The molecule has 178 valence electrons. The highest BCUT2D eigenvalue weighted by Gasteiger charge is 2.50. The van der Waals surface area contributed by atoms with E-state index in [9.17, 15) is 5.26 Å². The van der Waals surface area contributed by atoms with E-state index < -0.39 is 0 Å². The number of fused-ring (bicyclic) bond motifs is 4. The Morgan fingerprint density at radius 1 is 1.11 bits per heavy atom. The van der Waals surface area contributed by atoms with Crippen molar-refractivity contribution >= 4 is 22.3 Å². The van der Waals surface area contributed by atoms with E-state index in [2.05, 4.69) is 63.0 Å². The molecule has 5 heterocycles. The Hall–Kier alpha value is -3.18. The first kappa shape index (κ1) is 21.1. The van der Waals surface area contributed by atoms with Crippen LogP contribution in [0.5, 0.6) is 0 Å². The average Bonchev–Trinajstić information content (AvgIpc) is 3.41. The van der Waals surface area contributed by atoms with Crippen molar-refractivity contribution in [1.82, 2.24) is 9.88 Å². The lowest BCUT2D eigenvalue weighted by Crippen LogP contribution is -2.54. The zero-order valence-electron chi connectivity index (χ0n) is 20.0. The summed E-state index contributed by atoms with van der Waals surface area (Å²) in [6.45, 7) is 8.68. The van der Waals surface area contributed by atoms with Gasteiger partial charge in [0.05, 0.1) is 35.8 Å². The molecular formula is C28H30N6O. The second-order valence-corrected chi connectivity index (χ2v) is 10.8. The number of nitrogens with two attached hydrogens (primary N) is 1. The summed E-state index contributed by atoms with van der Waals surface area (Å²) in [5.74, 6) is 0. The van der Waals surface area contributed by atoms with Crippen LogP contribution in [0.2, 0.25) is 0 Å².